The summed E-state index contributed by atoms with van der Waals surface area (Å²) in [6.07, 6.45) is 3.97. The molecule has 0 saturated heterocycles. The van der Waals surface area contributed by atoms with E-state index in [-0.39, 0.29) is 11.1 Å². The van der Waals surface area contributed by atoms with E-state index in [2.05, 4.69) is 25.6 Å². The Morgan fingerprint density at radius 1 is 1.29 bits per heavy atom. The lowest BCUT2D eigenvalue weighted by molar-refractivity contribution is 0.102. The van der Waals surface area contributed by atoms with Crippen LogP contribution in [0.15, 0.2) is 41.8 Å². The molecule has 0 saturated carbocycles. The molecule has 9 nitrogen and oxygen atoms in total. The number of nitrogens with zero attached hydrogens (tertiary/aromatic N) is 4. The van der Waals surface area contributed by atoms with Crippen molar-refractivity contribution in [2.24, 2.45) is 0 Å². The smallest absolute Gasteiger partial charge is 0.261 e. The quantitative estimate of drug-likeness (QED) is 0.725. The van der Waals surface area contributed by atoms with Gasteiger partial charge >= 0.3 is 0 Å². The Morgan fingerprint density at radius 2 is 2.04 bits per heavy atom. The lowest BCUT2D eigenvalue weighted by atomic mass is 10.2. The maximum atomic E-state index is 12.2. The van der Waals surface area contributed by atoms with Gasteiger partial charge in [0.1, 0.15) is 0 Å². The number of carbonyl (C=O) groups is 1. The van der Waals surface area contributed by atoms with E-state index in [9.17, 15) is 13.2 Å². The molecule has 10 heteroatoms. The van der Waals surface area contributed by atoms with Crippen LogP contribution in [0, 0.1) is 6.92 Å². The van der Waals surface area contributed by atoms with Crippen molar-refractivity contribution in [2.75, 3.05) is 11.6 Å². The Hall–Kier alpha value is -3.01. The lowest BCUT2D eigenvalue weighted by Crippen LogP contribution is -2.12. The summed E-state index contributed by atoms with van der Waals surface area (Å²) in [6.45, 7) is 1.94. The average Bonchev–Trinajstić information content (AvgIpc) is 3.16. The fraction of sp³-hybridized carbons (Fsp3) is 0.143. The molecule has 0 bridgehead atoms. The van der Waals surface area contributed by atoms with Crippen molar-refractivity contribution in [3.05, 3.63) is 47.8 Å². The highest BCUT2D eigenvalue weighted by molar-refractivity contribution is 7.90. The first-order chi connectivity index (χ1) is 11.3. The molecule has 0 radical (unpaired) electrons. The molecule has 0 aliphatic rings. The summed E-state index contributed by atoms with van der Waals surface area (Å²) in [5.74, 6) is -0.613. The third kappa shape index (κ3) is 3.18. The minimum absolute atomic E-state index is 0.121. The highest BCUT2D eigenvalue weighted by Gasteiger charge is 2.16. The van der Waals surface area contributed by atoms with E-state index in [1.807, 2.05) is 31.2 Å². The van der Waals surface area contributed by atoms with Crippen molar-refractivity contribution in [3.63, 3.8) is 0 Å². The van der Waals surface area contributed by atoms with Crippen molar-refractivity contribution in [2.45, 2.75) is 12.1 Å². The summed E-state index contributed by atoms with van der Waals surface area (Å²) in [5.41, 5.74) is 2.16. The SMILES string of the molecule is Cc1ccccc1-n1cc(C(=O)Nc2n[nH]c(S(C)(=O)=O)n2)cn1. The number of carbonyl (C=O) groups excluding carboxylic acids is 1. The van der Waals surface area contributed by atoms with Crippen molar-refractivity contribution in [3.8, 4) is 5.69 Å². The van der Waals surface area contributed by atoms with E-state index in [1.165, 1.54) is 6.20 Å². The number of hydrogen-bond donors (Lipinski definition) is 2. The predicted octanol–water partition coefficient (Wildman–Crippen LogP) is 0.955. The number of rotatable bonds is 4. The first kappa shape index (κ1) is 15.9. The Bertz CT molecular complexity index is 1000. The number of nitrogens with one attached hydrogen (secondary N) is 2. The number of anilines is 1. The standard InChI is InChI=1S/C14H14N6O3S/c1-9-5-3-4-6-11(9)20-8-10(7-15-20)12(21)16-13-17-14(19-18-13)24(2,22)23/h3-8H,1-2H3,(H2,16,17,18,19,21). The van der Waals surface area contributed by atoms with Gasteiger partial charge in [0.15, 0.2) is 0 Å². The summed E-state index contributed by atoms with van der Waals surface area (Å²) in [5, 5.41) is 12.2. The highest BCUT2D eigenvalue weighted by Crippen LogP contribution is 2.14. The second-order valence-electron chi connectivity index (χ2n) is 5.15. The third-order valence-corrected chi connectivity index (χ3v) is 4.13. The number of benzene rings is 1. The first-order valence-corrected chi connectivity index (χ1v) is 8.78. The van der Waals surface area contributed by atoms with Gasteiger partial charge in [-0.05, 0) is 18.6 Å². The topological polar surface area (TPSA) is 123 Å². The van der Waals surface area contributed by atoms with Crippen LogP contribution in [0.2, 0.25) is 0 Å². The molecule has 0 aliphatic carbocycles. The zero-order chi connectivity index (χ0) is 17.3. The molecule has 0 aliphatic heterocycles. The van der Waals surface area contributed by atoms with Gasteiger partial charge in [-0.2, -0.15) is 10.1 Å². The fourth-order valence-electron chi connectivity index (χ4n) is 2.03. The maximum Gasteiger partial charge on any atom is 0.261 e. The number of sulfone groups is 1. The van der Waals surface area contributed by atoms with Crippen LogP contribution in [0.3, 0.4) is 0 Å². The molecule has 1 amide bonds. The summed E-state index contributed by atoms with van der Waals surface area (Å²) < 4.78 is 24.3. The number of H-pyrrole nitrogens is 1. The van der Waals surface area contributed by atoms with Gasteiger partial charge < -0.3 is 0 Å². The zero-order valence-electron chi connectivity index (χ0n) is 12.9. The molecule has 2 aromatic heterocycles. The van der Waals surface area contributed by atoms with E-state index in [4.69, 9.17) is 0 Å². The lowest BCUT2D eigenvalue weighted by Gasteiger charge is -2.04. The van der Waals surface area contributed by atoms with Crippen LogP contribution in [-0.4, -0.2) is 45.5 Å². The average molecular weight is 346 g/mol. The van der Waals surface area contributed by atoms with Gasteiger partial charge in [0, 0.05) is 12.5 Å². The second-order valence-corrected chi connectivity index (χ2v) is 7.08. The van der Waals surface area contributed by atoms with Crippen molar-refractivity contribution < 1.29 is 13.2 Å². The molecule has 2 N–H and O–H groups in total. The molecule has 1 aromatic carbocycles. The summed E-state index contributed by atoms with van der Waals surface area (Å²) in [7, 11) is -3.52. The van der Waals surface area contributed by atoms with Gasteiger partial charge in [-0.25, -0.2) is 18.2 Å². The maximum absolute atomic E-state index is 12.2. The Labute approximate surface area is 137 Å². The minimum Gasteiger partial charge on any atom is -0.289 e. The van der Waals surface area contributed by atoms with Crippen LogP contribution < -0.4 is 5.32 Å². The molecule has 24 heavy (non-hydrogen) atoms. The normalized spacial score (nSPS) is 11.4. The summed E-state index contributed by atoms with van der Waals surface area (Å²) in [4.78, 5) is 15.9. The van der Waals surface area contributed by atoms with Gasteiger partial charge in [0.25, 0.3) is 5.91 Å². The van der Waals surface area contributed by atoms with Crippen LogP contribution in [-0.2, 0) is 9.84 Å². The monoisotopic (exact) mass is 346 g/mol. The van der Waals surface area contributed by atoms with Crippen LogP contribution in [0.25, 0.3) is 5.69 Å². The van der Waals surface area contributed by atoms with Crippen molar-refractivity contribution >= 4 is 21.7 Å². The van der Waals surface area contributed by atoms with Gasteiger partial charge in [-0.1, -0.05) is 18.2 Å². The number of aromatic nitrogens is 5. The second kappa shape index (κ2) is 5.89. The molecule has 2 heterocycles. The Kier molecular flexibility index (Phi) is 3.89. The molecular weight excluding hydrogens is 332 g/mol. The molecule has 3 rings (SSSR count). The largest absolute Gasteiger partial charge is 0.289 e. The zero-order valence-corrected chi connectivity index (χ0v) is 13.7. The Morgan fingerprint density at radius 3 is 2.71 bits per heavy atom. The number of aryl methyl sites for hydroxylation is 1. The Balaban J connectivity index is 1.79. The first-order valence-electron chi connectivity index (χ1n) is 6.89. The molecule has 0 atom stereocenters. The van der Waals surface area contributed by atoms with Crippen LogP contribution in [0.5, 0.6) is 0 Å². The number of amides is 1. The summed E-state index contributed by atoms with van der Waals surface area (Å²) >= 11 is 0. The van der Waals surface area contributed by atoms with Gasteiger partial charge in [0.2, 0.25) is 20.9 Å². The van der Waals surface area contributed by atoms with E-state index in [0.717, 1.165) is 17.5 Å². The molecule has 0 fully saturated rings. The van der Waals surface area contributed by atoms with Crippen molar-refractivity contribution in [1.82, 2.24) is 25.0 Å². The van der Waals surface area contributed by atoms with Gasteiger partial charge in [-0.3, -0.25) is 10.1 Å². The number of aromatic amines is 1. The number of para-hydroxylation sites is 1. The molecule has 3 aromatic rings. The van der Waals surface area contributed by atoms with Gasteiger partial charge in [0.05, 0.1) is 17.4 Å². The molecule has 0 unspecified atom stereocenters. The van der Waals surface area contributed by atoms with E-state index in [1.54, 1.807) is 10.9 Å². The van der Waals surface area contributed by atoms with Crippen LogP contribution in [0.1, 0.15) is 15.9 Å². The van der Waals surface area contributed by atoms with Crippen LogP contribution in [0.4, 0.5) is 5.95 Å². The number of hydrogen-bond acceptors (Lipinski definition) is 6. The van der Waals surface area contributed by atoms with Gasteiger partial charge in [-0.15, -0.1) is 5.10 Å². The van der Waals surface area contributed by atoms with E-state index < -0.39 is 15.7 Å². The van der Waals surface area contributed by atoms with Crippen molar-refractivity contribution in [1.29, 1.82) is 0 Å². The molecule has 0 spiro atoms. The predicted molar refractivity (Wildman–Crippen MR) is 85.7 cm³/mol. The van der Waals surface area contributed by atoms with E-state index in [0.29, 0.717) is 5.56 Å². The van der Waals surface area contributed by atoms with E-state index >= 15 is 0 Å². The molecular formula is C14H14N6O3S. The summed E-state index contributed by atoms with van der Waals surface area (Å²) in [6, 6.07) is 7.62. The highest BCUT2D eigenvalue weighted by atomic mass is 32.2. The minimum atomic E-state index is -3.52. The van der Waals surface area contributed by atoms with Crippen LogP contribution >= 0.6 is 0 Å². The fourth-order valence-corrected chi connectivity index (χ4v) is 2.50. The third-order valence-electron chi connectivity index (χ3n) is 3.25. The molecule has 124 valence electrons.